The molecule has 0 aromatic heterocycles. The van der Waals surface area contributed by atoms with Crippen molar-refractivity contribution in [3.63, 3.8) is 0 Å². The lowest BCUT2D eigenvalue weighted by Gasteiger charge is -2.08. The van der Waals surface area contributed by atoms with Gasteiger partial charge < -0.3 is 10.4 Å². The minimum Gasteiger partial charge on any atom is -0.508 e. The average molecular weight is 296 g/mol. The Morgan fingerprint density at radius 1 is 1.18 bits per heavy atom. The molecule has 2 aromatic carbocycles. The molecule has 0 bridgehead atoms. The summed E-state index contributed by atoms with van der Waals surface area (Å²) in [6.07, 6.45) is 0. The van der Waals surface area contributed by atoms with Crippen LogP contribution < -0.4 is 5.32 Å². The molecule has 0 atom stereocenters. The van der Waals surface area contributed by atoms with Crippen molar-refractivity contribution in [3.05, 3.63) is 58.3 Å². The van der Waals surface area contributed by atoms with Gasteiger partial charge in [0, 0.05) is 22.3 Å². The van der Waals surface area contributed by atoms with E-state index >= 15 is 0 Å². The lowest BCUT2D eigenvalue weighted by atomic mass is 10.2. The Hall–Kier alpha value is -1.55. The molecular weight excluding hydrogens is 285 g/mol. The number of hydrogen-bond acceptors (Lipinski definition) is 2. The molecule has 2 N–H and O–H groups in total. The molecule has 0 fully saturated rings. The summed E-state index contributed by atoms with van der Waals surface area (Å²) in [5.74, 6) is -0.0643. The summed E-state index contributed by atoms with van der Waals surface area (Å²) in [7, 11) is 0. The maximum Gasteiger partial charge on any atom is 0.125 e. The van der Waals surface area contributed by atoms with Gasteiger partial charge in [-0.15, -0.1) is 0 Å². The number of nitrogens with one attached hydrogen (secondary N) is 1. The van der Waals surface area contributed by atoms with Crippen LogP contribution in [0.15, 0.2) is 46.9 Å². The predicted octanol–water partition coefficient (Wildman–Crippen LogP) is 3.91. The number of phenols is 1. The summed E-state index contributed by atoms with van der Waals surface area (Å²) in [6.45, 7) is 0.439. The van der Waals surface area contributed by atoms with Crippen molar-refractivity contribution in [2.45, 2.75) is 6.54 Å². The van der Waals surface area contributed by atoms with E-state index in [1.54, 1.807) is 24.3 Å². The van der Waals surface area contributed by atoms with Gasteiger partial charge in [0.1, 0.15) is 11.6 Å². The standard InChI is InChI=1S/C13H11BrFNO/c14-10-4-5-13(17)9(6-10)8-16-12-3-1-2-11(15)7-12/h1-7,16-17H,8H2. The maximum absolute atomic E-state index is 12.9. The first kappa shape index (κ1) is 11.9. The van der Waals surface area contributed by atoms with Gasteiger partial charge in [-0.05, 0) is 36.4 Å². The summed E-state index contributed by atoms with van der Waals surface area (Å²) in [5.41, 5.74) is 1.44. The normalized spacial score (nSPS) is 10.2. The van der Waals surface area contributed by atoms with E-state index in [4.69, 9.17) is 0 Å². The van der Waals surface area contributed by atoms with Gasteiger partial charge in [0.05, 0.1) is 0 Å². The molecule has 88 valence electrons. The maximum atomic E-state index is 12.9. The molecule has 2 rings (SSSR count). The molecule has 0 radical (unpaired) electrons. The summed E-state index contributed by atoms with van der Waals surface area (Å²) < 4.78 is 13.8. The molecule has 0 unspecified atom stereocenters. The fourth-order valence-electron chi connectivity index (χ4n) is 1.49. The number of aromatic hydroxyl groups is 1. The molecule has 0 saturated heterocycles. The van der Waals surface area contributed by atoms with Crippen LogP contribution in [0.2, 0.25) is 0 Å². The van der Waals surface area contributed by atoms with Crippen molar-refractivity contribution in [1.29, 1.82) is 0 Å². The highest BCUT2D eigenvalue weighted by molar-refractivity contribution is 9.10. The van der Waals surface area contributed by atoms with Crippen LogP contribution in [0.3, 0.4) is 0 Å². The smallest absolute Gasteiger partial charge is 0.125 e. The van der Waals surface area contributed by atoms with Gasteiger partial charge in [-0.2, -0.15) is 0 Å². The fourth-order valence-corrected chi connectivity index (χ4v) is 1.90. The Morgan fingerprint density at radius 2 is 2.00 bits per heavy atom. The first-order valence-corrected chi connectivity index (χ1v) is 5.91. The van der Waals surface area contributed by atoms with E-state index < -0.39 is 0 Å². The molecule has 0 saturated carbocycles. The molecule has 2 nitrogen and oxygen atoms in total. The topological polar surface area (TPSA) is 32.3 Å². The lowest BCUT2D eigenvalue weighted by Crippen LogP contribution is -1.99. The SMILES string of the molecule is Oc1ccc(Br)cc1CNc1cccc(F)c1. The van der Waals surface area contributed by atoms with Crippen LogP contribution in [0.4, 0.5) is 10.1 Å². The van der Waals surface area contributed by atoms with Gasteiger partial charge in [0.15, 0.2) is 0 Å². The van der Waals surface area contributed by atoms with E-state index in [0.717, 1.165) is 10.0 Å². The van der Waals surface area contributed by atoms with Crippen LogP contribution in [0.5, 0.6) is 5.75 Å². The van der Waals surface area contributed by atoms with Crippen molar-refractivity contribution in [2.24, 2.45) is 0 Å². The van der Waals surface area contributed by atoms with E-state index in [2.05, 4.69) is 21.2 Å². The van der Waals surface area contributed by atoms with Crippen LogP contribution in [0, 0.1) is 5.82 Å². The number of phenolic OH excluding ortho intramolecular Hbond substituents is 1. The van der Waals surface area contributed by atoms with Crippen LogP contribution in [0.1, 0.15) is 5.56 Å². The van der Waals surface area contributed by atoms with E-state index in [-0.39, 0.29) is 11.6 Å². The first-order valence-electron chi connectivity index (χ1n) is 5.12. The van der Waals surface area contributed by atoms with Gasteiger partial charge in [0.2, 0.25) is 0 Å². The second kappa shape index (κ2) is 5.19. The Balaban J connectivity index is 2.09. The molecule has 0 amide bonds. The molecule has 0 heterocycles. The van der Waals surface area contributed by atoms with Gasteiger partial charge in [-0.1, -0.05) is 22.0 Å². The van der Waals surface area contributed by atoms with E-state index in [1.165, 1.54) is 12.1 Å². The third kappa shape index (κ3) is 3.20. The van der Waals surface area contributed by atoms with Crippen LogP contribution >= 0.6 is 15.9 Å². The summed E-state index contributed by atoms with van der Waals surface area (Å²) in [5, 5.41) is 12.7. The highest BCUT2D eigenvalue weighted by atomic mass is 79.9. The molecule has 0 aliphatic carbocycles. The van der Waals surface area contributed by atoms with E-state index in [9.17, 15) is 9.50 Å². The third-order valence-electron chi connectivity index (χ3n) is 2.35. The summed E-state index contributed by atoms with van der Waals surface area (Å²) in [6, 6.07) is 11.4. The fraction of sp³-hybridized carbons (Fsp3) is 0.0769. The van der Waals surface area contributed by atoms with Crippen molar-refractivity contribution in [3.8, 4) is 5.75 Å². The second-order valence-electron chi connectivity index (χ2n) is 3.64. The Morgan fingerprint density at radius 3 is 2.76 bits per heavy atom. The molecule has 17 heavy (non-hydrogen) atoms. The van der Waals surface area contributed by atoms with Crippen molar-refractivity contribution < 1.29 is 9.50 Å². The second-order valence-corrected chi connectivity index (χ2v) is 4.55. The van der Waals surface area contributed by atoms with Gasteiger partial charge in [-0.3, -0.25) is 0 Å². The molecule has 4 heteroatoms. The van der Waals surface area contributed by atoms with Crippen molar-refractivity contribution >= 4 is 21.6 Å². The molecular formula is C13H11BrFNO. The predicted molar refractivity (Wildman–Crippen MR) is 69.5 cm³/mol. The highest BCUT2D eigenvalue weighted by Crippen LogP contribution is 2.22. The van der Waals surface area contributed by atoms with Gasteiger partial charge in [0.25, 0.3) is 0 Å². The monoisotopic (exact) mass is 295 g/mol. The molecule has 2 aromatic rings. The number of anilines is 1. The quantitative estimate of drug-likeness (QED) is 0.900. The Labute approximate surface area is 107 Å². The van der Waals surface area contributed by atoms with Crippen LogP contribution in [0.25, 0.3) is 0 Å². The zero-order chi connectivity index (χ0) is 12.3. The van der Waals surface area contributed by atoms with Crippen LogP contribution in [-0.2, 0) is 6.54 Å². The zero-order valence-electron chi connectivity index (χ0n) is 8.95. The minimum atomic E-state index is -0.284. The summed E-state index contributed by atoms with van der Waals surface area (Å²) in [4.78, 5) is 0. The zero-order valence-corrected chi connectivity index (χ0v) is 10.5. The average Bonchev–Trinajstić information content (AvgIpc) is 2.30. The van der Waals surface area contributed by atoms with Gasteiger partial charge >= 0.3 is 0 Å². The Kier molecular flexibility index (Phi) is 3.64. The van der Waals surface area contributed by atoms with Crippen molar-refractivity contribution in [1.82, 2.24) is 0 Å². The number of halogens is 2. The largest absolute Gasteiger partial charge is 0.508 e. The number of benzene rings is 2. The molecule has 0 aliphatic rings. The minimum absolute atomic E-state index is 0.220. The highest BCUT2D eigenvalue weighted by Gasteiger charge is 2.02. The number of hydrogen-bond donors (Lipinski definition) is 2. The van der Waals surface area contributed by atoms with Crippen LogP contribution in [-0.4, -0.2) is 5.11 Å². The van der Waals surface area contributed by atoms with Gasteiger partial charge in [-0.25, -0.2) is 4.39 Å². The first-order chi connectivity index (χ1) is 8.15. The number of rotatable bonds is 3. The molecule has 0 spiro atoms. The van der Waals surface area contributed by atoms with E-state index in [0.29, 0.717) is 12.2 Å². The van der Waals surface area contributed by atoms with E-state index in [1.807, 2.05) is 6.07 Å². The third-order valence-corrected chi connectivity index (χ3v) is 2.84. The lowest BCUT2D eigenvalue weighted by molar-refractivity contribution is 0.469. The molecule has 0 aliphatic heterocycles. The summed E-state index contributed by atoms with van der Waals surface area (Å²) >= 11 is 3.34. The Bertz CT molecular complexity index is 531. The van der Waals surface area contributed by atoms with Crippen molar-refractivity contribution in [2.75, 3.05) is 5.32 Å².